The summed E-state index contributed by atoms with van der Waals surface area (Å²) >= 11 is 6.03. The highest BCUT2D eigenvalue weighted by Gasteiger charge is 2.08. The van der Waals surface area contributed by atoms with Crippen molar-refractivity contribution < 1.29 is 19.1 Å². The summed E-state index contributed by atoms with van der Waals surface area (Å²) < 4.78 is 10.1. The predicted molar refractivity (Wildman–Crippen MR) is 111 cm³/mol. The van der Waals surface area contributed by atoms with Gasteiger partial charge in [-0.15, -0.1) is 0 Å². The molecule has 0 aromatic heterocycles. The van der Waals surface area contributed by atoms with E-state index in [1.165, 1.54) is 19.3 Å². The Balaban J connectivity index is 1.98. The van der Waals surface area contributed by atoms with Crippen LogP contribution in [0.4, 0.5) is 0 Å². The van der Waals surface area contributed by atoms with Gasteiger partial charge in [0.2, 0.25) is 0 Å². The first-order chi connectivity index (χ1) is 14.0. The van der Waals surface area contributed by atoms with Crippen LogP contribution < -0.4 is 10.1 Å². The lowest BCUT2D eigenvalue weighted by Crippen LogP contribution is -2.27. The number of hydrogen-bond acceptors (Lipinski definition) is 5. The highest BCUT2D eigenvalue weighted by atomic mass is 35.5. The number of rotatable bonds is 8. The standard InChI is InChI=1S/C22H19ClN2O4/c1-28-13-12-25-22(27)18(15-24)14-16-6-9-19(10-7-16)29-21(26)11-8-17-4-2-3-5-20(17)23/h2-11,14H,12-13H2,1H3,(H,25,27)/b11-8+,18-14+. The van der Waals surface area contributed by atoms with Crippen molar-refractivity contribution >= 4 is 35.6 Å². The van der Waals surface area contributed by atoms with E-state index in [2.05, 4.69) is 5.32 Å². The number of esters is 1. The summed E-state index contributed by atoms with van der Waals surface area (Å²) in [7, 11) is 1.52. The van der Waals surface area contributed by atoms with Gasteiger partial charge in [-0.1, -0.05) is 41.9 Å². The molecule has 0 atom stereocenters. The number of nitrogens with one attached hydrogen (secondary N) is 1. The van der Waals surface area contributed by atoms with Gasteiger partial charge in [-0.25, -0.2) is 4.79 Å². The van der Waals surface area contributed by atoms with Crippen molar-refractivity contribution in [2.45, 2.75) is 0 Å². The van der Waals surface area contributed by atoms with Crippen molar-refractivity contribution in [2.75, 3.05) is 20.3 Å². The van der Waals surface area contributed by atoms with Gasteiger partial charge in [0.25, 0.3) is 5.91 Å². The molecule has 7 heteroatoms. The number of hydrogen-bond donors (Lipinski definition) is 1. The fraction of sp³-hybridized carbons (Fsp3) is 0.136. The molecule has 0 aliphatic heterocycles. The van der Waals surface area contributed by atoms with E-state index in [0.29, 0.717) is 35.1 Å². The fourth-order valence-electron chi connectivity index (χ4n) is 2.23. The Hall–Kier alpha value is -3.40. The topological polar surface area (TPSA) is 88.4 Å². The lowest BCUT2D eigenvalue weighted by molar-refractivity contribution is -0.128. The number of carbonyl (C=O) groups is 2. The second-order valence-electron chi connectivity index (χ2n) is 5.76. The van der Waals surface area contributed by atoms with Gasteiger partial charge in [0, 0.05) is 24.8 Å². The summed E-state index contributed by atoms with van der Waals surface area (Å²) in [5.41, 5.74) is 1.29. The zero-order valence-electron chi connectivity index (χ0n) is 15.7. The molecule has 0 spiro atoms. The molecule has 29 heavy (non-hydrogen) atoms. The minimum Gasteiger partial charge on any atom is -0.423 e. The largest absolute Gasteiger partial charge is 0.423 e. The SMILES string of the molecule is COCCNC(=O)/C(C#N)=C/c1ccc(OC(=O)/C=C/c2ccccc2Cl)cc1. The second-order valence-corrected chi connectivity index (χ2v) is 6.17. The lowest BCUT2D eigenvalue weighted by atomic mass is 10.1. The van der Waals surface area contributed by atoms with E-state index >= 15 is 0 Å². The third-order valence-corrected chi connectivity index (χ3v) is 4.01. The Morgan fingerprint density at radius 1 is 1.17 bits per heavy atom. The number of benzene rings is 2. The van der Waals surface area contributed by atoms with Crippen LogP contribution in [0.5, 0.6) is 5.75 Å². The Morgan fingerprint density at radius 2 is 1.90 bits per heavy atom. The summed E-state index contributed by atoms with van der Waals surface area (Å²) in [5, 5.41) is 12.3. The van der Waals surface area contributed by atoms with Gasteiger partial charge in [-0.2, -0.15) is 5.26 Å². The summed E-state index contributed by atoms with van der Waals surface area (Å²) in [4.78, 5) is 23.9. The quantitative estimate of drug-likeness (QED) is 0.236. The number of nitriles is 1. The van der Waals surface area contributed by atoms with Crippen molar-refractivity contribution in [1.82, 2.24) is 5.32 Å². The number of amides is 1. The van der Waals surface area contributed by atoms with Crippen molar-refractivity contribution in [3.8, 4) is 11.8 Å². The molecule has 1 amide bonds. The first-order valence-electron chi connectivity index (χ1n) is 8.67. The molecular weight excluding hydrogens is 392 g/mol. The normalized spacial score (nSPS) is 11.1. The van der Waals surface area contributed by atoms with Gasteiger partial charge < -0.3 is 14.8 Å². The van der Waals surface area contributed by atoms with Crippen molar-refractivity contribution in [2.24, 2.45) is 0 Å². The van der Waals surface area contributed by atoms with Crippen LogP contribution in [0.25, 0.3) is 12.2 Å². The molecule has 0 aliphatic carbocycles. The minimum absolute atomic E-state index is 0.0338. The molecule has 0 aliphatic rings. The van der Waals surface area contributed by atoms with Gasteiger partial charge >= 0.3 is 5.97 Å². The molecule has 1 N–H and O–H groups in total. The third-order valence-electron chi connectivity index (χ3n) is 3.67. The van der Waals surface area contributed by atoms with E-state index in [1.54, 1.807) is 48.5 Å². The van der Waals surface area contributed by atoms with E-state index in [1.807, 2.05) is 12.1 Å². The molecule has 0 fully saturated rings. The maximum absolute atomic E-state index is 12.0. The maximum Gasteiger partial charge on any atom is 0.336 e. The van der Waals surface area contributed by atoms with E-state index in [4.69, 9.17) is 26.3 Å². The molecule has 148 valence electrons. The average Bonchev–Trinajstić information content (AvgIpc) is 2.72. The number of nitrogens with zero attached hydrogens (tertiary/aromatic N) is 1. The Morgan fingerprint density at radius 3 is 2.55 bits per heavy atom. The molecule has 0 radical (unpaired) electrons. The highest BCUT2D eigenvalue weighted by Crippen LogP contribution is 2.17. The van der Waals surface area contributed by atoms with Gasteiger partial charge in [0.05, 0.1) is 6.61 Å². The molecule has 6 nitrogen and oxygen atoms in total. The highest BCUT2D eigenvalue weighted by molar-refractivity contribution is 6.32. The number of ether oxygens (including phenoxy) is 2. The predicted octanol–water partition coefficient (Wildman–Crippen LogP) is 3.63. The summed E-state index contributed by atoms with van der Waals surface area (Å²) in [6.45, 7) is 0.667. The third kappa shape index (κ3) is 7.26. The number of halogens is 1. The molecule has 0 saturated heterocycles. The van der Waals surface area contributed by atoms with Crippen LogP contribution in [-0.2, 0) is 14.3 Å². The van der Waals surface area contributed by atoms with Crippen LogP contribution in [0.1, 0.15) is 11.1 Å². The van der Waals surface area contributed by atoms with Crippen molar-refractivity contribution in [3.63, 3.8) is 0 Å². The summed E-state index contributed by atoms with van der Waals surface area (Å²) in [6.07, 6.45) is 4.31. The van der Waals surface area contributed by atoms with Crippen LogP contribution in [0.3, 0.4) is 0 Å². The van der Waals surface area contributed by atoms with Crippen LogP contribution in [0.2, 0.25) is 5.02 Å². The Labute approximate surface area is 174 Å². The minimum atomic E-state index is -0.552. The average molecular weight is 411 g/mol. The van der Waals surface area contributed by atoms with Gasteiger partial charge in [-0.05, 0) is 41.5 Å². The number of carbonyl (C=O) groups excluding carboxylic acids is 2. The molecule has 2 rings (SSSR count). The zero-order chi connectivity index (χ0) is 21.1. The van der Waals surface area contributed by atoms with E-state index in [9.17, 15) is 9.59 Å². The molecule has 2 aromatic carbocycles. The first kappa shape index (κ1) is 21.9. The second kappa shape index (κ2) is 11.4. The molecule has 0 heterocycles. The van der Waals surface area contributed by atoms with Crippen LogP contribution in [0.15, 0.2) is 60.2 Å². The van der Waals surface area contributed by atoms with Gasteiger partial charge in [-0.3, -0.25) is 4.79 Å². The van der Waals surface area contributed by atoms with E-state index in [0.717, 1.165) is 0 Å². The van der Waals surface area contributed by atoms with E-state index < -0.39 is 11.9 Å². The van der Waals surface area contributed by atoms with Crippen LogP contribution in [0, 0.1) is 11.3 Å². The maximum atomic E-state index is 12.0. The monoisotopic (exact) mass is 410 g/mol. The van der Waals surface area contributed by atoms with Crippen LogP contribution >= 0.6 is 11.6 Å². The van der Waals surface area contributed by atoms with E-state index in [-0.39, 0.29) is 5.57 Å². The van der Waals surface area contributed by atoms with Crippen LogP contribution in [-0.4, -0.2) is 32.1 Å². The Kier molecular flexibility index (Phi) is 8.64. The molecule has 0 unspecified atom stereocenters. The lowest BCUT2D eigenvalue weighted by Gasteiger charge is -2.04. The molecule has 0 bridgehead atoms. The number of methoxy groups -OCH3 is 1. The first-order valence-corrected chi connectivity index (χ1v) is 9.04. The van der Waals surface area contributed by atoms with Gasteiger partial charge in [0.1, 0.15) is 17.4 Å². The summed E-state index contributed by atoms with van der Waals surface area (Å²) in [5.74, 6) is -0.702. The Bertz CT molecular complexity index is 960. The smallest absolute Gasteiger partial charge is 0.336 e. The summed E-state index contributed by atoms with van der Waals surface area (Å²) in [6, 6.07) is 15.4. The van der Waals surface area contributed by atoms with Crippen molar-refractivity contribution in [1.29, 1.82) is 5.26 Å². The van der Waals surface area contributed by atoms with Crippen molar-refractivity contribution in [3.05, 3.63) is 76.3 Å². The molecule has 0 saturated carbocycles. The molecular formula is C22H19ClN2O4. The zero-order valence-corrected chi connectivity index (χ0v) is 16.5. The molecule has 2 aromatic rings. The fourth-order valence-corrected chi connectivity index (χ4v) is 2.43. The van der Waals surface area contributed by atoms with Gasteiger partial charge in [0.15, 0.2) is 0 Å².